The zero-order valence-electron chi connectivity index (χ0n) is 12.1. The summed E-state index contributed by atoms with van der Waals surface area (Å²) in [6, 6.07) is 0. The minimum absolute atomic E-state index is 0.134. The van der Waals surface area contributed by atoms with Gasteiger partial charge in [-0.1, -0.05) is 0 Å². The van der Waals surface area contributed by atoms with Crippen molar-refractivity contribution in [1.82, 2.24) is 14.9 Å². The van der Waals surface area contributed by atoms with Crippen LogP contribution in [0.2, 0.25) is 0 Å². The molecule has 2 heterocycles. The highest BCUT2D eigenvalue weighted by Gasteiger charge is 2.34. The van der Waals surface area contributed by atoms with Gasteiger partial charge in [-0.15, -0.1) is 0 Å². The van der Waals surface area contributed by atoms with Crippen LogP contribution >= 0.6 is 0 Å². The molecule has 22 heavy (non-hydrogen) atoms. The van der Waals surface area contributed by atoms with E-state index in [1.54, 1.807) is 0 Å². The molecular weight excluding hydrogens is 288 g/mol. The van der Waals surface area contributed by atoms with Crippen LogP contribution in [0.5, 0.6) is 0 Å². The molecule has 0 unspecified atom stereocenters. The Labute approximate surface area is 127 Å². The van der Waals surface area contributed by atoms with Crippen LogP contribution in [-0.4, -0.2) is 51.9 Å². The van der Waals surface area contributed by atoms with E-state index >= 15 is 0 Å². The topological polar surface area (TPSA) is 118 Å². The highest BCUT2D eigenvalue weighted by Crippen LogP contribution is 2.31. The van der Waals surface area contributed by atoms with Crippen LogP contribution in [0.15, 0.2) is 6.20 Å². The summed E-state index contributed by atoms with van der Waals surface area (Å²) in [7, 11) is 0. The number of nitrogen functional groups attached to an aromatic ring is 1. The molecule has 0 spiro atoms. The Bertz CT molecular complexity index is 603. The summed E-state index contributed by atoms with van der Waals surface area (Å²) < 4.78 is 0. The van der Waals surface area contributed by atoms with Crippen molar-refractivity contribution in [2.45, 2.75) is 19.3 Å². The molecular formula is C13H18N6O3. The first-order valence-electron chi connectivity index (χ1n) is 7.37. The normalized spacial score (nSPS) is 18.9. The van der Waals surface area contributed by atoms with Crippen molar-refractivity contribution < 1.29 is 9.72 Å². The van der Waals surface area contributed by atoms with E-state index in [0.717, 1.165) is 32.0 Å². The minimum atomic E-state index is -0.600. The standard InChI is InChI=1S/C13H18N6O3/c14-11-10(19(21)22)8-15-13(16-11)18-5-1-4-17(6-7-18)12(20)9-2-3-9/h8-9H,1-7H2,(H2,14,15,16). The smallest absolute Gasteiger partial charge is 0.329 e. The number of anilines is 2. The monoisotopic (exact) mass is 306 g/mol. The summed E-state index contributed by atoms with van der Waals surface area (Å²) in [5.74, 6) is 0.706. The fourth-order valence-electron chi connectivity index (χ4n) is 2.60. The highest BCUT2D eigenvalue weighted by atomic mass is 16.6. The van der Waals surface area contributed by atoms with Gasteiger partial charge in [-0.25, -0.2) is 4.98 Å². The van der Waals surface area contributed by atoms with Crippen molar-refractivity contribution in [3.05, 3.63) is 16.3 Å². The number of carbonyl (C=O) groups excluding carboxylic acids is 1. The Morgan fingerprint density at radius 2 is 2.09 bits per heavy atom. The van der Waals surface area contributed by atoms with Gasteiger partial charge in [-0.2, -0.15) is 4.98 Å². The Morgan fingerprint density at radius 1 is 1.32 bits per heavy atom. The minimum Gasteiger partial charge on any atom is -0.378 e. The van der Waals surface area contributed by atoms with E-state index in [2.05, 4.69) is 9.97 Å². The number of amides is 1. The molecule has 118 valence electrons. The molecule has 1 saturated heterocycles. The third-order valence-electron chi connectivity index (χ3n) is 4.00. The van der Waals surface area contributed by atoms with Crippen molar-refractivity contribution >= 4 is 23.4 Å². The first kappa shape index (κ1) is 14.5. The van der Waals surface area contributed by atoms with E-state index in [1.807, 2.05) is 9.80 Å². The van der Waals surface area contributed by atoms with Crippen molar-refractivity contribution in [3.63, 3.8) is 0 Å². The van der Waals surface area contributed by atoms with Gasteiger partial charge in [0, 0.05) is 32.1 Å². The number of hydrogen-bond donors (Lipinski definition) is 1. The second kappa shape index (κ2) is 5.74. The second-order valence-electron chi connectivity index (χ2n) is 5.64. The maximum Gasteiger partial charge on any atom is 0.329 e. The lowest BCUT2D eigenvalue weighted by Gasteiger charge is -2.22. The fraction of sp³-hybridized carbons (Fsp3) is 0.615. The molecule has 1 aliphatic carbocycles. The van der Waals surface area contributed by atoms with E-state index < -0.39 is 4.92 Å². The van der Waals surface area contributed by atoms with Gasteiger partial charge >= 0.3 is 5.69 Å². The van der Waals surface area contributed by atoms with Crippen molar-refractivity contribution in [1.29, 1.82) is 0 Å². The SMILES string of the molecule is Nc1nc(N2CCCN(C(=O)C3CC3)CC2)ncc1[N+](=O)[O-]. The summed E-state index contributed by atoms with van der Waals surface area (Å²) in [6.45, 7) is 2.66. The number of nitrogens with two attached hydrogens (primary N) is 1. The number of hydrogen-bond acceptors (Lipinski definition) is 7. The van der Waals surface area contributed by atoms with Crippen molar-refractivity contribution in [2.24, 2.45) is 5.92 Å². The molecule has 0 bridgehead atoms. The number of nitrogens with zero attached hydrogens (tertiary/aromatic N) is 5. The molecule has 9 heteroatoms. The zero-order chi connectivity index (χ0) is 15.7. The summed E-state index contributed by atoms with van der Waals surface area (Å²) in [6.07, 6.45) is 3.95. The van der Waals surface area contributed by atoms with Crippen molar-refractivity contribution in [3.8, 4) is 0 Å². The molecule has 1 aromatic heterocycles. The van der Waals surface area contributed by atoms with Crippen LogP contribution in [0.4, 0.5) is 17.5 Å². The van der Waals surface area contributed by atoms with Gasteiger partial charge < -0.3 is 15.5 Å². The van der Waals surface area contributed by atoms with E-state index in [4.69, 9.17) is 5.73 Å². The quantitative estimate of drug-likeness (QED) is 0.634. The Kier molecular flexibility index (Phi) is 3.78. The van der Waals surface area contributed by atoms with E-state index in [1.165, 1.54) is 0 Å². The van der Waals surface area contributed by atoms with Gasteiger partial charge in [0.2, 0.25) is 17.7 Å². The van der Waals surface area contributed by atoms with Gasteiger partial charge in [0.1, 0.15) is 6.20 Å². The predicted octanol–water partition coefficient (Wildman–Crippen LogP) is 0.416. The van der Waals surface area contributed by atoms with Crippen LogP contribution in [0.1, 0.15) is 19.3 Å². The summed E-state index contributed by atoms with van der Waals surface area (Å²) >= 11 is 0. The van der Waals surface area contributed by atoms with Crippen LogP contribution in [0.3, 0.4) is 0 Å². The Hall–Kier alpha value is -2.45. The second-order valence-corrected chi connectivity index (χ2v) is 5.64. The van der Waals surface area contributed by atoms with Crippen LogP contribution in [0, 0.1) is 16.0 Å². The molecule has 2 N–H and O–H groups in total. The molecule has 1 saturated carbocycles. The fourth-order valence-corrected chi connectivity index (χ4v) is 2.60. The average Bonchev–Trinajstić information content (AvgIpc) is 3.32. The molecule has 0 aromatic carbocycles. The molecule has 1 amide bonds. The van der Waals surface area contributed by atoms with Gasteiger partial charge in [-0.05, 0) is 19.3 Å². The number of nitro groups is 1. The lowest BCUT2D eigenvalue weighted by Crippen LogP contribution is -2.36. The molecule has 1 aromatic rings. The lowest BCUT2D eigenvalue weighted by atomic mass is 10.3. The molecule has 1 aliphatic heterocycles. The number of carbonyl (C=O) groups is 1. The molecule has 9 nitrogen and oxygen atoms in total. The van der Waals surface area contributed by atoms with Crippen LogP contribution in [-0.2, 0) is 4.79 Å². The highest BCUT2D eigenvalue weighted by molar-refractivity contribution is 5.81. The van der Waals surface area contributed by atoms with Crippen molar-refractivity contribution in [2.75, 3.05) is 36.8 Å². The number of aromatic nitrogens is 2. The maximum atomic E-state index is 12.1. The molecule has 3 rings (SSSR count). The number of rotatable bonds is 3. The molecule has 0 atom stereocenters. The van der Waals surface area contributed by atoms with E-state index in [0.29, 0.717) is 25.6 Å². The van der Waals surface area contributed by atoms with Gasteiger partial charge in [-0.3, -0.25) is 14.9 Å². The third kappa shape index (κ3) is 2.92. The first-order valence-corrected chi connectivity index (χ1v) is 7.37. The van der Waals surface area contributed by atoms with Crippen LogP contribution < -0.4 is 10.6 Å². The molecule has 2 aliphatic rings. The molecule has 0 radical (unpaired) electrons. The van der Waals surface area contributed by atoms with Gasteiger partial charge in [0.15, 0.2) is 0 Å². The summed E-state index contributed by atoms with van der Waals surface area (Å²) in [5, 5.41) is 10.7. The zero-order valence-corrected chi connectivity index (χ0v) is 12.1. The predicted molar refractivity (Wildman–Crippen MR) is 79.2 cm³/mol. The molecule has 2 fully saturated rings. The summed E-state index contributed by atoms with van der Waals surface area (Å²) in [4.78, 5) is 34.1. The van der Waals surface area contributed by atoms with Gasteiger partial charge in [0.05, 0.1) is 4.92 Å². The van der Waals surface area contributed by atoms with Gasteiger partial charge in [0.25, 0.3) is 0 Å². The first-order chi connectivity index (χ1) is 10.6. The summed E-state index contributed by atoms with van der Waals surface area (Å²) in [5.41, 5.74) is 5.32. The lowest BCUT2D eigenvalue weighted by molar-refractivity contribution is -0.384. The van der Waals surface area contributed by atoms with E-state index in [-0.39, 0.29) is 23.3 Å². The van der Waals surface area contributed by atoms with Crippen LogP contribution in [0.25, 0.3) is 0 Å². The Balaban J connectivity index is 1.69. The van der Waals surface area contributed by atoms with E-state index in [9.17, 15) is 14.9 Å². The average molecular weight is 306 g/mol. The largest absolute Gasteiger partial charge is 0.378 e. The maximum absolute atomic E-state index is 12.1. The third-order valence-corrected chi connectivity index (χ3v) is 4.00. The Morgan fingerprint density at radius 3 is 2.73 bits per heavy atom.